The zero-order chi connectivity index (χ0) is 14.7. The molecule has 0 radical (unpaired) electrons. The van der Waals surface area contributed by atoms with Crippen LogP contribution in [0.25, 0.3) is 0 Å². The van der Waals surface area contributed by atoms with Crippen LogP contribution >= 0.6 is 23.1 Å². The Labute approximate surface area is 127 Å². The topological polar surface area (TPSA) is 49.4 Å². The molecule has 1 saturated heterocycles. The molecule has 110 valence electrons. The van der Waals surface area contributed by atoms with Crippen LogP contribution in [0.5, 0.6) is 0 Å². The maximum absolute atomic E-state index is 12.0. The van der Waals surface area contributed by atoms with Gasteiger partial charge in [0, 0.05) is 11.4 Å². The Morgan fingerprint density at radius 3 is 2.90 bits per heavy atom. The summed E-state index contributed by atoms with van der Waals surface area (Å²) in [6.07, 6.45) is 0. The maximum Gasteiger partial charge on any atom is 0.239 e. The SMILES string of the molecule is Cc1ccsc1C1SCC(=O)N1CC(=O)NCC(C)C. The van der Waals surface area contributed by atoms with E-state index in [2.05, 4.69) is 25.2 Å². The van der Waals surface area contributed by atoms with Crippen molar-refractivity contribution in [2.75, 3.05) is 18.8 Å². The lowest BCUT2D eigenvalue weighted by Crippen LogP contribution is -2.40. The first kappa shape index (κ1) is 15.4. The van der Waals surface area contributed by atoms with Gasteiger partial charge in [-0.25, -0.2) is 0 Å². The number of nitrogens with zero attached hydrogens (tertiary/aromatic N) is 1. The van der Waals surface area contributed by atoms with Gasteiger partial charge in [0.1, 0.15) is 11.9 Å². The first-order valence-corrected chi connectivity index (χ1v) is 8.63. The molecule has 2 rings (SSSR count). The lowest BCUT2D eigenvalue weighted by atomic mass is 10.2. The van der Waals surface area contributed by atoms with Crippen molar-refractivity contribution in [1.82, 2.24) is 10.2 Å². The summed E-state index contributed by atoms with van der Waals surface area (Å²) in [4.78, 5) is 26.8. The molecular weight excluding hydrogens is 292 g/mol. The van der Waals surface area contributed by atoms with E-state index in [0.29, 0.717) is 18.2 Å². The summed E-state index contributed by atoms with van der Waals surface area (Å²) in [7, 11) is 0. The Kier molecular flexibility index (Phi) is 5.10. The highest BCUT2D eigenvalue weighted by Gasteiger charge is 2.35. The summed E-state index contributed by atoms with van der Waals surface area (Å²) in [6, 6.07) is 2.06. The predicted octanol–water partition coefficient (Wildman–Crippen LogP) is 2.40. The van der Waals surface area contributed by atoms with Gasteiger partial charge in [-0.1, -0.05) is 13.8 Å². The molecule has 0 saturated carbocycles. The van der Waals surface area contributed by atoms with Gasteiger partial charge in [-0.15, -0.1) is 23.1 Å². The molecule has 0 spiro atoms. The molecule has 1 unspecified atom stereocenters. The molecule has 1 aliphatic rings. The minimum absolute atomic E-state index is 0.00713. The van der Waals surface area contributed by atoms with Crippen molar-refractivity contribution < 1.29 is 9.59 Å². The normalized spacial score (nSPS) is 18.9. The first-order chi connectivity index (χ1) is 9.49. The summed E-state index contributed by atoms with van der Waals surface area (Å²) >= 11 is 3.26. The third-order valence-electron chi connectivity index (χ3n) is 3.12. The second-order valence-electron chi connectivity index (χ2n) is 5.35. The van der Waals surface area contributed by atoms with E-state index in [4.69, 9.17) is 0 Å². The van der Waals surface area contributed by atoms with E-state index >= 15 is 0 Å². The van der Waals surface area contributed by atoms with Crippen LogP contribution in [0.2, 0.25) is 0 Å². The number of amides is 2. The van der Waals surface area contributed by atoms with Crippen LogP contribution in [0.4, 0.5) is 0 Å². The van der Waals surface area contributed by atoms with Gasteiger partial charge >= 0.3 is 0 Å². The van der Waals surface area contributed by atoms with Gasteiger partial charge < -0.3 is 10.2 Å². The highest BCUT2D eigenvalue weighted by Crippen LogP contribution is 2.41. The van der Waals surface area contributed by atoms with E-state index in [1.54, 1.807) is 28.0 Å². The fourth-order valence-corrected chi connectivity index (χ4v) is 4.47. The highest BCUT2D eigenvalue weighted by atomic mass is 32.2. The Morgan fingerprint density at radius 2 is 2.30 bits per heavy atom. The minimum Gasteiger partial charge on any atom is -0.354 e. The largest absolute Gasteiger partial charge is 0.354 e. The highest BCUT2D eigenvalue weighted by molar-refractivity contribution is 8.00. The van der Waals surface area contributed by atoms with Crippen LogP contribution in [0.1, 0.15) is 29.7 Å². The number of rotatable bonds is 5. The quantitative estimate of drug-likeness (QED) is 0.908. The number of nitrogens with one attached hydrogen (secondary N) is 1. The van der Waals surface area contributed by atoms with Crippen LogP contribution < -0.4 is 5.32 Å². The Bertz CT molecular complexity index is 499. The van der Waals surface area contributed by atoms with Crippen molar-refractivity contribution in [2.45, 2.75) is 26.1 Å². The van der Waals surface area contributed by atoms with Crippen LogP contribution in [0, 0.1) is 12.8 Å². The molecule has 1 aliphatic heterocycles. The number of hydrogen-bond donors (Lipinski definition) is 1. The van der Waals surface area contributed by atoms with Gasteiger partial charge in [-0.2, -0.15) is 0 Å². The molecule has 1 N–H and O–H groups in total. The van der Waals surface area contributed by atoms with Gasteiger partial charge in [0.25, 0.3) is 0 Å². The standard InChI is InChI=1S/C14H20N2O2S2/c1-9(2)6-15-11(17)7-16-12(18)8-20-14(16)13-10(3)4-5-19-13/h4-5,9,14H,6-8H2,1-3H3,(H,15,17). The number of hydrogen-bond acceptors (Lipinski definition) is 4. The maximum atomic E-state index is 12.0. The predicted molar refractivity (Wildman–Crippen MR) is 83.8 cm³/mol. The molecule has 0 aliphatic carbocycles. The third kappa shape index (κ3) is 3.55. The fraction of sp³-hybridized carbons (Fsp3) is 0.571. The van der Waals surface area contributed by atoms with E-state index in [9.17, 15) is 9.59 Å². The summed E-state index contributed by atoms with van der Waals surface area (Å²) in [5.41, 5.74) is 1.19. The van der Waals surface area contributed by atoms with E-state index in [-0.39, 0.29) is 23.7 Å². The van der Waals surface area contributed by atoms with Crippen molar-refractivity contribution >= 4 is 34.9 Å². The number of carbonyl (C=O) groups excluding carboxylic acids is 2. The molecule has 20 heavy (non-hydrogen) atoms. The fourth-order valence-electron chi connectivity index (χ4n) is 2.01. The Balaban J connectivity index is 2.02. The second-order valence-corrected chi connectivity index (χ2v) is 7.37. The molecule has 0 bridgehead atoms. The van der Waals surface area contributed by atoms with Crippen LogP contribution in [0.3, 0.4) is 0 Å². The molecule has 1 aromatic rings. The van der Waals surface area contributed by atoms with E-state index in [1.807, 2.05) is 12.3 Å². The van der Waals surface area contributed by atoms with E-state index in [1.165, 1.54) is 10.4 Å². The summed E-state index contributed by atoms with van der Waals surface area (Å²) in [6.45, 7) is 6.95. The molecule has 1 atom stereocenters. The lowest BCUT2D eigenvalue weighted by Gasteiger charge is -2.23. The Hall–Kier alpha value is -1.01. The average Bonchev–Trinajstić information content (AvgIpc) is 2.95. The Morgan fingerprint density at radius 1 is 1.55 bits per heavy atom. The van der Waals surface area contributed by atoms with Crippen molar-refractivity contribution in [1.29, 1.82) is 0 Å². The molecule has 2 heterocycles. The van der Waals surface area contributed by atoms with Crippen molar-refractivity contribution in [3.05, 3.63) is 21.9 Å². The van der Waals surface area contributed by atoms with E-state index < -0.39 is 0 Å². The summed E-state index contributed by atoms with van der Waals surface area (Å²) in [5.74, 6) is 0.846. The molecular formula is C14H20N2O2S2. The second kappa shape index (κ2) is 6.63. The number of thioether (sulfide) groups is 1. The van der Waals surface area contributed by atoms with Crippen LogP contribution in [0.15, 0.2) is 11.4 Å². The van der Waals surface area contributed by atoms with Gasteiger partial charge in [-0.05, 0) is 29.9 Å². The molecule has 1 fully saturated rings. The molecule has 0 aromatic carbocycles. The van der Waals surface area contributed by atoms with Gasteiger partial charge in [0.15, 0.2) is 0 Å². The van der Waals surface area contributed by atoms with Crippen molar-refractivity contribution in [2.24, 2.45) is 5.92 Å². The van der Waals surface area contributed by atoms with Crippen molar-refractivity contribution in [3.63, 3.8) is 0 Å². The van der Waals surface area contributed by atoms with Crippen molar-refractivity contribution in [3.8, 4) is 0 Å². The molecule has 4 nitrogen and oxygen atoms in total. The summed E-state index contributed by atoms with van der Waals surface area (Å²) < 4.78 is 0. The van der Waals surface area contributed by atoms with E-state index in [0.717, 1.165) is 0 Å². The van der Waals surface area contributed by atoms with Gasteiger partial charge in [0.2, 0.25) is 11.8 Å². The smallest absolute Gasteiger partial charge is 0.239 e. The summed E-state index contributed by atoms with van der Waals surface area (Å²) in [5, 5.41) is 4.90. The monoisotopic (exact) mass is 312 g/mol. The van der Waals surface area contributed by atoms with Gasteiger partial charge in [-0.3, -0.25) is 9.59 Å². The number of aryl methyl sites for hydroxylation is 1. The zero-order valence-electron chi connectivity index (χ0n) is 12.0. The third-order valence-corrected chi connectivity index (χ3v) is 5.56. The molecule has 6 heteroatoms. The number of carbonyl (C=O) groups is 2. The minimum atomic E-state index is -0.0752. The van der Waals surface area contributed by atoms with Crippen LogP contribution in [-0.2, 0) is 9.59 Å². The lowest BCUT2D eigenvalue weighted by molar-refractivity contribution is -0.133. The molecule has 1 aromatic heterocycles. The molecule has 2 amide bonds. The number of thiophene rings is 1. The average molecular weight is 312 g/mol. The first-order valence-electron chi connectivity index (χ1n) is 6.70. The van der Waals surface area contributed by atoms with Gasteiger partial charge in [0.05, 0.1) is 5.75 Å². The zero-order valence-corrected chi connectivity index (χ0v) is 13.6. The van der Waals surface area contributed by atoms with Crippen LogP contribution in [-0.4, -0.2) is 35.6 Å².